The van der Waals surface area contributed by atoms with Crippen LogP contribution in [0.5, 0.6) is 0 Å². The van der Waals surface area contributed by atoms with E-state index in [0.29, 0.717) is 5.92 Å². The van der Waals surface area contributed by atoms with Gasteiger partial charge >= 0.3 is 0 Å². The van der Waals surface area contributed by atoms with Crippen LogP contribution < -0.4 is 0 Å². The Morgan fingerprint density at radius 2 is 1.69 bits per heavy atom. The molecule has 2 heteroatoms. The van der Waals surface area contributed by atoms with Gasteiger partial charge in [-0.25, -0.2) is 0 Å². The lowest BCUT2D eigenvalue weighted by Gasteiger charge is -2.37. The highest BCUT2D eigenvalue weighted by Gasteiger charge is 2.36. The lowest BCUT2D eigenvalue weighted by atomic mass is 9.78. The normalized spacial score (nSPS) is 24.7. The Bertz CT molecular complexity index is 148. The summed E-state index contributed by atoms with van der Waals surface area (Å²) in [5.74, 6) is 0.459. The topological polar surface area (TPSA) is 40.5 Å². The number of hydrogen-bond donors (Lipinski definition) is 2. The van der Waals surface area contributed by atoms with Gasteiger partial charge < -0.3 is 10.2 Å². The third-order valence-electron chi connectivity index (χ3n) is 3.03. The van der Waals surface area contributed by atoms with E-state index >= 15 is 0 Å². The maximum absolute atomic E-state index is 10.1. The van der Waals surface area contributed by atoms with Crippen molar-refractivity contribution in [1.29, 1.82) is 0 Å². The maximum atomic E-state index is 10.1. The fourth-order valence-corrected chi connectivity index (χ4v) is 2.16. The third-order valence-corrected chi connectivity index (χ3v) is 3.03. The summed E-state index contributed by atoms with van der Waals surface area (Å²) in [5, 5.41) is 20.0. The number of aliphatic hydroxyl groups excluding tert-OH is 1. The van der Waals surface area contributed by atoms with Gasteiger partial charge in [0.1, 0.15) is 0 Å². The molecule has 0 aromatic rings. The standard InChI is InChI=1S/C11H22O2/c1-9(2)8-10(12)11(13)6-4-3-5-7-11/h9-10,12-13H,3-8H2,1-2H3. The molecular formula is C11H22O2. The van der Waals surface area contributed by atoms with Crippen molar-refractivity contribution in [2.24, 2.45) is 5.92 Å². The molecule has 0 bridgehead atoms. The molecule has 1 saturated carbocycles. The summed E-state index contributed by atoms with van der Waals surface area (Å²) in [6.45, 7) is 4.16. The molecule has 1 rings (SSSR count). The fraction of sp³-hybridized carbons (Fsp3) is 1.00. The molecule has 0 aromatic carbocycles. The summed E-state index contributed by atoms with van der Waals surface area (Å²) in [5.41, 5.74) is -0.775. The largest absolute Gasteiger partial charge is 0.390 e. The van der Waals surface area contributed by atoms with Gasteiger partial charge in [0.15, 0.2) is 0 Å². The first-order chi connectivity index (χ1) is 6.04. The minimum absolute atomic E-state index is 0.459. The van der Waals surface area contributed by atoms with E-state index in [-0.39, 0.29) is 0 Å². The van der Waals surface area contributed by atoms with E-state index in [2.05, 4.69) is 13.8 Å². The molecular weight excluding hydrogens is 164 g/mol. The highest BCUT2D eigenvalue weighted by atomic mass is 16.3. The molecule has 0 aromatic heterocycles. The van der Waals surface area contributed by atoms with Crippen LogP contribution in [0.1, 0.15) is 52.4 Å². The Balaban J connectivity index is 2.46. The van der Waals surface area contributed by atoms with Crippen molar-refractivity contribution in [3.05, 3.63) is 0 Å². The van der Waals surface area contributed by atoms with Crippen LogP contribution in [0.15, 0.2) is 0 Å². The van der Waals surface area contributed by atoms with Crippen LogP contribution in [0.4, 0.5) is 0 Å². The van der Waals surface area contributed by atoms with Crippen molar-refractivity contribution >= 4 is 0 Å². The van der Waals surface area contributed by atoms with Crippen molar-refractivity contribution in [3.8, 4) is 0 Å². The lowest BCUT2D eigenvalue weighted by Crippen LogP contribution is -2.44. The highest BCUT2D eigenvalue weighted by molar-refractivity contribution is 4.89. The van der Waals surface area contributed by atoms with Gasteiger partial charge in [-0.1, -0.05) is 33.1 Å². The predicted molar refractivity (Wildman–Crippen MR) is 53.5 cm³/mol. The smallest absolute Gasteiger partial charge is 0.0905 e. The Hall–Kier alpha value is -0.0800. The van der Waals surface area contributed by atoms with Crippen LogP contribution in [0.3, 0.4) is 0 Å². The summed E-state index contributed by atoms with van der Waals surface area (Å²) in [4.78, 5) is 0. The third kappa shape index (κ3) is 2.96. The van der Waals surface area contributed by atoms with Gasteiger partial charge in [0, 0.05) is 0 Å². The minimum Gasteiger partial charge on any atom is -0.390 e. The highest BCUT2D eigenvalue weighted by Crippen LogP contribution is 2.33. The predicted octanol–water partition coefficient (Wildman–Crippen LogP) is 2.09. The Kier molecular flexibility index (Phi) is 3.74. The van der Waals surface area contributed by atoms with Gasteiger partial charge in [-0.3, -0.25) is 0 Å². The zero-order chi connectivity index (χ0) is 9.90. The average Bonchev–Trinajstić information content (AvgIpc) is 2.04. The minimum atomic E-state index is -0.775. The van der Waals surface area contributed by atoms with Crippen LogP contribution >= 0.6 is 0 Å². The average molecular weight is 186 g/mol. The molecule has 1 fully saturated rings. The lowest BCUT2D eigenvalue weighted by molar-refractivity contribution is -0.103. The fourth-order valence-electron chi connectivity index (χ4n) is 2.16. The molecule has 78 valence electrons. The molecule has 0 aliphatic heterocycles. The molecule has 1 unspecified atom stereocenters. The van der Waals surface area contributed by atoms with E-state index in [4.69, 9.17) is 0 Å². The van der Waals surface area contributed by atoms with Gasteiger partial charge in [-0.2, -0.15) is 0 Å². The SMILES string of the molecule is CC(C)CC(O)C1(O)CCCCC1. The van der Waals surface area contributed by atoms with Crippen molar-refractivity contribution in [2.75, 3.05) is 0 Å². The van der Waals surface area contributed by atoms with E-state index in [9.17, 15) is 10.2 Å². The zero-order valence-corrected chi connectivity index (χ0v) is 8.79. The summed E-state index contributed by atoms with van der Waals surface area (Å²) in [6.07, 6.45) is 5.08. The van der Waals surface area contributed by atoms with Gasteiger partial charge in [0.2, 0.25) is 0 Å². The molecule has 13 heavy (non-hydrogen) atoms. The van der Waals surface area contributed by atoms with Crippen molar-refractivity contribution < 1.29 is 10.2 Å². The van der Waals surface area contributed by atoms with Gasteiger partial charge in [0.25, 0.3) is 0 Å². The van der Waals surface area contributed by atoms with Crippen molar-refractivity contribution in [2.45, 2.75) is 64.1 Å². The van der Waals surface area contributed by atoms with Crippen LogP contribution in [-0.4, -0.2) is 21.9 Å². The molecule has 0 spiro atoms. The van der Waals surface area contributed by atoms with Crippen LogP contribution in [0.25, 0.3) is 0 Å². The molecule has 0 saturated heterocycles. The molecule has 1 atom stereocenters. The monoisotopic (exact) mass is 186 g/mol. The van der Waals surface area contributed by atoms with E-state index in [0.717, 1.165) is 32.1 Å². The Morgan fingerprint density at radius 3 is 2.15 bits per heavy atom. The quantitative estimate of drug-likeness (QED) is 0.708. The summed E-state index contributed by atoms with van der Waals surface area (Å²) < 4.78 is 0. The Morgan fingerprint density at radius 1 is 1.15 bits per heavy atom. The maximum Gasteiger partial charge on any atom is 0.0905 e. The molecule has 1 aliphatic rings. The van der Waals surface area contributed by atoms with Crippen LogP contribution in [-0.2, 0) is 0 Å². The van der Waals surface area contributed by atoms with Crippen molar-refractivity contribution in [3.63, 3.8) is 0 Å². The van der Waals surface area contributed by atoms with Gasteiger partial charge in [0.05, 0.1) is 11.7 Å². The molecule has 2 nitrogen and oxygen atoms in total. The molecule has 0 amide bonds. The summed E-state index contributed by atoms with van der Waals surface area (Å²) >= 11 is 0. The second-order valence-corrected chi connectivity index (χ2v) is 4.81. The second-order valence-electron chi connectivity index (χ2n) is 4.81. The second kappa shape index (κ2) is 4.43. The first-order valence-electron chi connectivity index (χ1n) is 5.45. The van der Waals surface area contributed by atoms with Gasteiger partial charge in [-0.05, 0) is 25.2 Å². The van der Waals surface area contributed by atoms with E-state index < -0.39 is 11.7 Å². The number of hydrogen-bond acceptors (Lipinski definition) is 2. The number of aliphatic hydroxyl groups is 2. The van der Waals surface area contributed by atoms with E-state index in [1.165, 1.54) is 6.42 Å². The summed E-state index contributed by atoms with van der Waals surface area (Å²) in [6, 6.07) is 0. The Labute approximate surface area is 81.0 Å². The molecule has 0 radical (unpaired) electrons. The first kappa shape index (κ1) is 11.0. The number of rotatable bonds is 3. The molecule has 2 N–H and O–H groups in total. The molecule has 1 aliphatic carbocycles. The first-order valence-corrected chi connectivity index (χ1v) is 5.45. The van der Waals surface area contributed by atoms with E-state index in [1.54, 1.807) is 0 Å². The van der Waals surface area contributed by atoms with E-state index in [1.807, 2.05) is 0 Å². The van der Waals surface area contributed by atoms with Crippen LogP contribution in [0, 0.1) is 5.92 Å². The summed E-state index contributed by atoms with van der Waals surface area (Å²) in [7, 11) is 0. The molecule has 0 heterocycles. The van der Waals surface area contributed by atoms with Crippen molar-refractivity contribution in [1.82, 2.24) is 0 Å². The van der Waals surface area contributed by atoms with Gasteiger partial charge in [-0.15, -0.1) is 0 Å². The van der Waals surface area contributed by atoms with Crippen LogP contribution in [0.2, 0.25) is 0 Å². The zero-order valence-electron chi connectivity index (χ0n) is 8.79.